The topological polar surface area (TPSA) is 246 Å². The van der Waals surface area contributed by atoms with E-state index in [1.165, 1.54) is 11.3 Å². The SMILES string of the molecule is CC(C)C[C@@H](C(=O)C[C@@H](CC(=O)O)C(=O)O)N(C)Cc1ccc(C(=O)Oc2ccc(C(=N)N)cc2)s1.O=C(O)C(F)(F)F.O=C(O)C(F)(F)F. The minimum absolute atomic E-state index is 0.0884. The highest BCUT2D eigenvalue weighted by molar-refractivity contribution is 7.13. The largest absolute Gasteiger partial charge is 0.490 e. The third kappa shape index (κ3) is 17.4. The minimum atomic E-state index is -5.08. The Morgan fingerprint density at radius 2 is 1.34 bits per heavy atom. The van der Waals surface area contributed by atoms with E-state index in [0.717, 1.165) is 4.88 Å². The molecule has 2 aromatic rings. The van der Waals surface area contributed by atoms with Crippen LogP contribution in [0.1, 0.15) is 53.2 Å². The number of halogens is 6. The van der Waals surface area contributed by atoms with Crippen LogP contribution in [-0.2, 0) is 30.5 Å². The number of nitrogens with one attached hydrogen (secondary N) is 1. The maximum absolute atomic E-state index is 13.0. The van der Waals surface area contributed by atoms with E-state index in [-0.39, 0.29) is 24.0 Å². The maximum Gasteiger partial charge on any atom is 0.490 e. The summed E-state index contributed by atoms with van der Waals surface area (Å²) in [7, 11) is 1.74. The van der Waals surface area contributed by atoms with Crippen molar-refractivity contribution in [3.05, 3.63) is 51.7 Å². The summed E-state index contributed by atoms with van der Waals surface area (Å²) in [4.78, 5) is 68.7. The number of ketones is 1. The van der Waals surface area contributed by atoms with Crippen LogP contribution in [0.4, 0.5) is 26.3 Å². The van der Waals surface area contributed by atoms with Gasteiger partial charge in [-0.2, -0.15) is 26.3 Å². The summed E-state index contributed by atoms with van der Waals surface area (Å²) in [6.07, 6.45) is -10.7. The molecular weight excluding hydrogens is 712 g/mol. The van der Waals surface area contributed by atoms with E-state index in [1.54, 1.807) is 48.3 Å². The number of esters is 1. The molecule has 0 amide bonds. The number of Topliss-reactive ketones (excluding diaryl/α,β-unsaturated/α-hetero) is 1. The molecule has 0 unspecified atom stereocenters. The van der Waals surface area contributed by atoms with E-state index >= 15 is 0 Å². The van der Waals surface area contributed by atoms with Gasteiger partial charge >= 0.3 is 42.2 Å². The first-order chi connectivity index (χ1) is 22.8. The zero-order chi connectivity index (χ0) is 39.1. The number of rotatable bonds is 14. The van der Waals surface area contributed by atoms with Crippen LogP contribution in [0.3, 0.4) is 0 Å². The van der Waals surface area contributed by atoms with Gasteiger partial charge in [-0.3, -0.25) is 24.7 Å². The van der Waals surface area contributed by atoms with E-state index in [9.17, 15) is 50.6 Å². The standard InChI is InChI=1S/C25H31N3O7S.2C2HF3O2/c1-14(2)10-19(20(29)11-16(24(32)33)12-22(30)31)28(3)13-18-8-9-21(36-18)25(34)35-17-6-4-15(5-7-17)23(26)27;2*3-2(4,5)1(6)7/h4-9,14,16,19H,10-13H2,1-3H3,(H3,26,27)(H,30,31)(H,32,33);2*(H,6,7)/t16-,19-;;/m0../s1. The molecule has 1 heterocycles. The van der Waals surface area contributed by atoms with E-state index < -0.39 is 60.6 Å². The molecule has 0 bridgehead atoms. The number of carbonyl (C=O) groups is 6. The third-order valence-electron chi connectivity index (χ3n) is 5.95. The molecule has 0 saturated heterocycles. The molecule has 50 heavy (non-hydrogen) atoms. The van der Waals surface area contributed by atoms with Crippen molar-refractivity contribution in [1.82, 2.24) is 4.90 Å². The Labute approximate surface area is 283 Å². The number of benzene rings is 1. The third-order valence-corrected chi connectivity index (χ3v) is 7.00. The predicted molar refractivity (Wildman–Crippen MR) is 162 cm³/mol. The molecule has 2 rings (SSSR count). The highest BCUT2D eigenvalue weighted by Crippen LogP contribution is 2.24. The average molecular weight is 746 g/mol. The van der Waals surface area contributed by atoms with E-state index in [0.29, 0.717) is 29.2 Å². The first kappa shape index (κ1) is 44.9. The summed E-state index contributed by atoms with van der Waals surface area (Å²) >= 11 is 1.22. The summed E-state index contributed by atoms with van der Waals surface area (Å²) in [5.74, 6) is -9.88. The lowest BCUT2D eigenvalue weighted by Crippen LogP contribution is -2.40. The number of carboxylic acid groups (broad SMARTS) is 4. The Bertz CT molecular complexity index is 1490. The molecule has 14 nitrogen and oxygen atoms in total. The zero-order valence-electron chi connectivity index (χ0n) is 26.4. The Balaban J connectivity index is 0.00000143. The van der Waals surface area contributed by atoms with Gasteiger partial charge in [0.2, 0.25) is 0 Å². The minimum Gasteiger partial charge on any atom is -0.481 e. The lowest BCUT2D eigenvalue weighted by Gasteiger charge is -2.28. The normalized spacial score (nSPS) is 12.4. The molecule has 7 N–H and O–H groups in total. The van der Waals surface area contributed by atoms with Crippen molar-refractivity contribution in [2.75, 3.05) is 7.05 Å². The van der Waals surface area contributed by atoms with Crippen molar-refractivity contribution < 1.29 is 80.3 Å². The number of hydrogen-bond donors (Lipinski definition) is 6. The van der Waals surface area contributed by atoms with Crippen LogP contribution in [0.15, 0.2) is 36.4 Å². The highest BCUT2D eigenvalue weighted by atomic mass is 32.1. The van der Waals surface area contributed by atoms with Gasteiger partial charge in [-0.1, -0.05) is 13.8 Å². The Hall–Kier alpha value is -5.05. The highest BCUT2D eigenvalue weighted by Gasteiger charge is 2.39. The number of thiophene rings is 1. The lowest BCUT2D eigenvalue weighted by atomic mass is 9.91. The smallest absolute Gasteiger partial charge is 0.481 e. The first-order valence-electron chi connectivity index (χ1n) is 13.8. The van der Waals surface area contributed by atoms with Crippen molar-refractivity contribution in [3.8, 4) is 5.75 Å². The molecule has 0 aliphatic carbocycles. The quantitative estimate of drug-likeness (QED) is 0.0513. The molecule has 0 fully saturated rings. The summed E-state index contributed by atoms with van der Waals surface area (Å²) in [5.41, 5.74) is 5.94. The van der Waals surface area contributed by atoms with Crippen LogP contribution in [0.2, 0.25) is 0 Å². The van der Waals surface area contributed by atoms with Crippen LogP contribution in [0, 0.1) is 17.2 Å². The van der Waals surface area contributed by atoms with Gasteiger partial charge in [0.05, 0.1) is 18.4 Å². The average Bonchev–Trinajstić information content (AvgIpc) is 3.43. The summed E-state index contributed by atoms with van der Waals surface area (Å²) in [6, 6.07) is 9.05. The van der Waals surface area contributed by atoms with Gasteiger partial charge in [0.25, 0.3) is 0 Å². The molecular formula is C29H33F6N3O11S. The van der Waals surface area contributed by atoms with Crippen LogP contribution in [0.25, 0.3) is 0 Å². The molecule has 1 aromatic carbocycles. The van der Waals surface area contributed by atoms with Gasteiger partial charge in [-0.05, 0) is 55.8 Å². The van der Waals surface area contributed by atoms with Crippen LogP contribution in [0.5, 0.6) is 5.75 Å². The van der Waals surface area contributed by atoms with E-state index in [2.05, 4.69) is 0 Å². The number of nitrogens with two attached hydrogens (primary N) is 1. The van der Waals surface area contributed by atoms with Crippen molar-refractivity contribution in [3.63, 3.8) is 0 Å². The summed E-state index contributed by atoms with van der Waals surface area (Å²) in [6.45, 7) is 4.23. The predicted octanol–water partition coefficient (Wildman–Crippen LogP) is 4.50. The van der Waals surface area contributed by atoms with Crippen LogP contribution in [-0.4, -0.2) is 92.2 Å². The second kappa shape index (κ2) is 19.8. The molecule has 2 atom stereocenters. The van der Waals surface area contributed by atoms with Crippen molar-refractivity contribution >= 4 is 52.8 Å². The van der Waals surface area contributed by atoms with Crippen molar-refractivity contribution in [1.29, 1.82) is 5.41 Å². The Kier molecular flexibility index (Phi) is 17.8. The number of nitrogen functional groups attached to an aromatic ring is 1. The van der Waals surface area contributed by atoms with E-state index in [4.69, 9.17) is 40.8 Å². The summed E-state index contributed by atoms with van der Waals surface area (Å²) in [5, 5.41) is 40.0. The fourth-order valence-electron chi connectivity index (χ4n) is 3.63. The lowest BCUT2D eigenvalue weighted by molar-refractivity contribution is -0.193. The van der Waals surface area contributed by atoms with Gasteiger partial charge in [0.1, 0.15) is 16.5 Å². The summed E-state index contributed by atoms with van der Waals surface area (Å²) < 4.78 is 68.9. The number of aliphatic carboxylic acids is 4. The first-order valence-corrected chi connectivity index (χ1v) is 14.6. The molecule has 1 aromatic heterocycles. The maximum atomic E-state index is 13.0. The van der Waals surface area contributed by atoms with Gasteiger partial charge in [-0.25, -0.2) is 14.4 Å². The number of alkyl halides is 6. The molecule has 278 valence electrons. The zero-order valence-corrected chi connectivity index (χ0v) is 27.2. The monoisotopic (exact) mass is 745 g/mol. The van der Waals surface area contributed by atoms with Gasteiger partial charge in [0.15, 0.2) is 5.78 Å². The fourth-order valence-corrected chi connectivity index (χ4v) is 4.58. The van der Waals surface area contributed by atoms with Gasteiger partial charge in [0, 0.05) is 23.4 Å². The Morgan fingerprint density at radius 3 is 1.72 bits per heavy atom. The van der Waals surface area contributed by atoms with Crippen LogP contribution < -0.4 is 10.5 Å². The molecule has 0 aliphatic heterocycles. The number of likely N-dealkylation sites (N-methyl/N-ethyl adjacent to an activating group) is 1. The Morgan fingerprint density at radius 1 is 0.860 bits per heavy atom. The molecule has 21 heteroatoms. The second-order valence-corrected chi connectivity index (χ2v) is 11.7. The van der Waals surface area contributed by atoms with Gasteiger partial charge < -0.3 is 30.9 Å². The van der Waals surface area contributed by atoms with Crippen molar-refractivity contribution in [2.24, 2.45) is 17.6 Å². The van der Waals surface area contributed by atoms with Crippen LogP contribution >= 0.6 is 11.3 Å². The number of carboxylic acids is 4. The van der Waals surface area contributed by atoms with Crippen molar-refractivity contribution in [2.45, 2.75) is 58.0 Å². The number of nitrogens with zero attached hydrogens (tertiary/aromatic N) is 1. The van der Waals surface area contributed by atoms with Gasteiger partial charge in [-0.15, -0.1) is 11.3 Å². The molecule has 0 spiro atoms. The number of carbonyl (C=O) groups excluding carboxylic acids is 2. The second-order valence-electron chi connectivity index (χ2n) is 10.6. The number of hydrogen-bond acceptors (Lipinski definition) is 10. The fraction of sp³-hybridized carbons (Fsp3) is 0.414. The number of ether oxygens (including phenoxy) is 1. The molecule has 0 radical (unpaired) electrons. The molecule has 0 saturated carbocycles. The van der Waals surface area contributed by atoms with E-state index in [1.807, 2.05) is 13.8 Å². The molecule has 0 aliphatic rings. The number of amidine groups is 1.